The molecule has 0 aromatic rings. The molecular weight excluding hydrogens is 195 g/mol. The summed E-state index contributed by atoms with van der Waals surface area (Å²) in [7, 11) is -0.659. The summed E-state index contributed by atoms with van der Waals surface area (Å²) < 4.78 is 1.43. The molecule has 0 aliphatic heterocycles. The van der Waals surface area contributed by atoms with Gasteiger partial charge in [-0.1, -0.05) is 13.1 Å². The topological polar surface area (TPSA) is 3.24 Å². The van der Waals surface area contributed by atoms with Crippen LogP contribution in [0.3, 0.4) is 0 Å². The molecule has 0 aromatic carbocycles. The van der Waals surface area contributed by atoms with Gasteiger partial charge in [0.1, 0.15) is 0 Å². The molecule has 6 heteroatoms. The van der Waals surface area contributed by atoms with Crippen molar-refractivity contribution in [2.45, 2.75) is 13.1 Å². The Morgan fingerprint density at radius 2 is 1.89 bits per heavy atom. The lowest BCUT2D eigenvalue weighted by atomic mass is 10.4. The number of nitrogens with zero attached hydrogens (tertiary/aromatic N) is 1. The smallest absolute Gasteiger partial charge is 0.231 e. The van der Waals surface area contributed by atoms with Crippen molar-refractivity contribution in [3.63, 3.8) is 0 Å². The molecule has 0 rings (SSSR count). The van der Waals surface area contributed by atoms with E-state index < -0.39 is 14.5 Å². The molecule has 0 spiro atoms. The molecule has 0 saturated carbocycles. The summed E-state index contributed by atoms with van der Waals surface area (Å²) in [5, 5.41) is 0. The highest BCUT2D eigenvalue weighted by Crippen LogP contribution is 2.07. The lowest BCUT2D eigenvalue weighted by Crippen LogP contribution is -2.29. The molecule has 0 aliphatic carbocycles. The number of hydrogen-bond acceptors (Lipinski definition) is 1. The van der Waals surface area contributed by atoms with Gasteiger partial charge in [0.25, 0.3) is 0 Å². The van der Waals surface area contributed by atoms with Crippen LogP contribution in [0.5, 0.6) is 0 Å². The minimum atomic E-state index is -0.659. The molecule has 1 nitrogen and oxygen atoms in total. The van der Waals surface area contributed by atoms with Crippen molar-refractivity contribution < 1.29 is 0 Å². The van der Waals surface area contributed by atoms with Crippen LogP contribution < -0.4 is 0 Å². The van der Waals surface area contributed by atoms with E-state index in [9.17, 15) is 0 Å². The highest BCUT2D eigenvalue weighted by atomic mass is 35.5. The summed E-state index contributed by atoms with van der Waals surface area (Å²) in [6.45, 7) is 4.37. The van der Waals surface area contributed by atoms with E-state index in [0.29, 0.717) is 0 Å². The van der Waals surface area contributed by atoms with Crippen molar-refractivity contribution in [3.8, 4) is 0 Å². The van der Waals surface area contributed by atoms with Gasteiger partial charge in [-0.2, -0.15) is 0 Å². The Kier molecular flexibility index (Phi) is 5.46. The molecule has 0 aliphatic rings. The van der Waals surface area contributed by atoms with Gasteiger partial charge in [0.05, 0.1) is 0 Å². The average molecular weight is 204 g/mol. The fraction of sp³-hybridized carbons (Fsp3) is 1.00. The van der Waals surface area contributed by atoms with E-state index in [1.807, 2.05) is 0 Å². The van der Waals surface area contributed by atoms with Crippen molar-refractivity contribution in [3.05, 3.63) is 0 Å². The summed E-state index contributed by atoms with van der Waals surface area (Å²) >= 11 is 16.5. The van der Waals surface area contributed by atoms with Crippen LogP contribution in [0.4, 0.5) is 0 Å². The fourth-order valence-electron chi connectivity index (χ4n) is 0.429. The van der Waals surface area contributed by atoms with Crippen molar-refractivity contribution in [2.24, 2.45) is 0 Å². The molecule has 0 aromatic heterocycles. The van der Waals surface area contributed by atoms with Gasteiger partial charge in [-0.15, -0.1) is 22.9 Å². The number of halogens is 3. The minimum Gasteiger partial charge on any atom is -0.231 e. The van der Waals surface area contributed by atoms with Crippen LogP contribution in [0.25, 0.3) is 0 Å². The monoisotopic (exact) mass is 203 g/mol. The van der Waals surface area contributed by atoms with Crippen molar-refractivity contribution in [1.82, 2.24) is 4.33 Å². The molecule has 0 fully saturated rings. The second-order valence-electron chi connectivity index (χ2n) is 2.25. The van der Waals surface area contributed by atoms with E-state index in [0.717, 1.165) is 6.17 Å². The van der Waals surface area contributed by atoms with Crippen LogP contribution in [-0.4, -0.2) is 25.0 Å². The van der Waals surface area contributed by atoms with E-state index in [1.165, 1.54) is 4.33 Å². The molecule has 0 radical (unpaired) electrons. The lowest BCUT2D eigenvalue weighted by Gasteiger charge is -2.12. The van der Waals surface area contributed by atoms with E-state index >= 15 is 0 Å². The van der Waals surface area contributed by atoms with Gasteiger partial charge in [0.2, 0.25) is 0 Å². The zero-order valence-corrected chi connectivity index (χ0v) is 8.87. The maximum Gasteiger partial charge on any atom is 0.449 e. The summed E-state index contributed by atoms with van der Waals surface area (Å²) in [5.41, 5.74) is -0.568. The lowest BCUT2D eigenvalue weighted by molar-refractivity contribution is 0.822. The summed E-state index contributed by atoms with van der Waals surface area (Å²) in [4.78, 5) is 0. The van der Waals surface area contributed by atoms with Gasteiger partial charge in [-0.25, -0.2) is 4.33 Å². The maximum atomic E-state index is 5.61. The fourth-order valence-corrected chi connectivity index (χ4v) is 2.59. The van der Waals surface area contributed by atoms with Crippen LogP contribution >= 0.6 is 34.7 Å². The van der Waals surface area contributed by atoms with E-state index in [-0.39, 0.29) is 0 Å². The van der Waals surface area contributed by atoms with Crippen molar-refractivity contribution >= 4 is 49.2 Å². The highest BCUT2D eigenvalue weighted by molar-refractivity contribution is 7.33. The SMILES string of the molecule is C[SiH](C)CN(Cl)B(Cl)Cl. The Hall–Kier alpha value is 1.11. The second-order valence-corrected chi connectivity index (χ2v) is 6.89. The third kappa shape index (κ3) is 5.55. The number of rotatable bonds is 3. The zero-order chi connectivity index (χ0) is 7.44. The predicted molar refractivity (Wildman–Crippen MR) is 48.9 cm³/mol. The largest absolute Gasteiger partial charge is 0.449 e. The van der Waals surface area contributed by atoms with Crippen molar-refractivity contribution in [1.29, 1.82) is 0 Å². The average Bonchev–Trinajstić information content (AvgIpc) is 1.63. The van der Waals surface area contributed by atoms with Gasteiger partial charge in [-0.05, 0) is 17.9 Å². The van der Waals surface area contributed by atoms with Gasteiger partial charge in [0.15, 0.2) is 0 Å². The molecule has 0 amide bonds. The minimum absolute atomic E-state index is 0.568. The normalized spacial score (nSPS) is 11.0. The van der Waals surface area contributed by atoms with E-state index in [2.05, 4.69) is 13.1 Å². The van der Waals surface area contributed by atoms with Gasteiger partial charge in [-0.3, -0.25) is 0 Å². The maximum absolute atomic E-state index is 5.61. The Labute approximate surface area is 72.9 Å². The Morgan fingerprint density at radius 3 is 2.00 bits per heavy atom. The third-order valence-corrected chi connectivity index (χ3v) is 3.11. The van der Waals surface area contributed by atoms with Crippen LogP contribution in [-0.2, 0) is 0 Å². The Bertz CT molecular complexity index is 81.5. The van der Waals surface area contributed by atoms with Gasteiger partial charge in [0, 0.05) is 8.80 Å². The second kappa shape index (κ2) is 4.86. The van der Waals surface area contributed by atoms with Crippen LogP contribution in [0.1, 0.15) is 0 Å². The van der Waals surface area contributed by atoms with Crippen LogP contribution in [0.15, 0.2) is 0 Å². The molecule has 0 atom stereocenters. The molecule has 0 heterocycles. The van der Waals surface area contributed by atoms with Crippen molar-refractivity contribution in [2.75, 3.05) is 6.17 Å². The zero-order valence-electron chi connectivity index (χ0n) is 5.44. The molecule has 0 unspecified atom stereocenters. The quantitative estimate of drug-likeness (QED) is 0.501. The number of hydrogen-bond donors (Lipinski definition) is 0. The summed E-state index contributed by atoms with van der Waals surface area (Å²) in [6.07, 6.45) is 0.846. The first-order valence-electron chi connectivity index (χ1n) is 2.74. The molecular formula is C3H9BCl3NSi. The predicted octanol–water partition coefficient (Wildman–Crippen LogP) is 1.93. The third-order valence-electron chi connectivity index (χ3n) is 0.751. The highest BCUT2D eigenvalue weighted by Gasteiger charge is 2.16. The first-order chi connectivity index (χ1) is 4.04. The molecule has 9 heavy (non-hydrogen) atoms. The molecule has 0 N–H and O–H groups in total. The van der Waals surface area contributed by atoms with Crippen LogP contribution in [0.2, 0.25) is 13.1 Å². The molecule has 54 valence electrons. The Morgan fingerprint density at radius 1 is 1.44 bits per heavy atom. The van der Waals surface area contributed by atoms with E-state index in [4.69, 9.17) is 34.7 Å². The van der Waals surface area contributed by atoms with Crippen LogP contribution in [0, 0.1) is 0 Å². The van der Waals surface area contributed by atoms with Gasteiger partial charge < -0.3 is 0 Å². The standard InChI is InChI=1S/C3H9BCl3NSi/c1-9(2)3-8(7)4(5)6/h9H,3H2,1-2H3. The summed E-state index contributed by atoms with van der Waals surface area (Å²) in [6, 6.07) is 0. The Balaban J connectivity index is 3.38. The summed E-state index contributed by atoms with van der Waals surface area (Å²) in [5.74, 6) is 0. The molecule has 0 bridgehead atoms. The first-order valence-corrected chi connectivity index (χ1v) is 7.08. The first kappa shape index (κ1) is 10.1. The van der Waals surface area contributed by atoms with Gasteiger partial charge >= 0.3 is 5.68 Å². The molecule has 0 saturated heterocycles. The van der Waals surface area contributed by atoms with E-state index in [1.54, 1.807) is 0 Å².